The van der Waals surface area contributed by atoms with Gasteiger partial charge in [0.1, 0.15) is 0 Å². The van der Waals surface area contributed by atoms with Gasteiger partial charge in [0.25, 0.3) is 0 Å². The summed E-state index contributed by atoms with van der Waals surface area (Å²) in [6.07, 6.45) is 0. The van der Waals surface area contributed by atoms with Crippen LogP contribution >= 0.6 is 0 Å². The second kappa shape index (κ2) is 117. The molecule has 0 atom stereocenters. The first-order valence-corrected chi connectivity index (χ1v) is 0. The summed E-state index contributed by atoms with van der Waals surface area (Å²) >= 11 is 0. The summed E-state index contributed by atoms with van der Waals surface area (Å²) in [5.41, 5.74) is 0. The third kappa shape index (κ3) is 101. The maximum atomic E-state index is 0. The molecule has 0 spiro atoms. The topological polar surface area (TPSA) is 0 Å². The van der Waals surface area contributed by atoms with Crippen LogP contribution < -0.4 is 0 Å². The minimum atomic E-state index is 0. The van der Waals surface area contributed by atoms with Crippen molar-refractivity contribution in [3.05, 3.63) is 0 Å². The van der Waals surface area contributed by atoms with E-state index in [0.717, 1.165) is 0 Å². The van der Waals surface area contributed by atoms with E-state index in [4.69, 9.17) is 0 Å². The molecule has 0 nitrogen and oxygen atoms in total. The monoisotopic (exact) mass is 553 g/mol. The van der Waals surface area contributed by atoms with E-state index in [0.29, 0.717) is 0 Å². The molecule has 0 N–H and O–H groups in total. The van der Waals surface area contributed by atoms with E-state index in [1.165, 1.54) is 0 Å². The minimum Gasteiger partial charge on any atom is -0.0149 e. The molecule has 0 unspecified atom stereocenters. The van der Waals surface area contributed by atoms with Crippen molar-refractivity contribution in [3.63, 3.8) is 0 Å². The molecule has 0 aliphatic carbocycles. The van der Waals surface area contributed by atoms with Crippen molar-refractivity contribution in [3.8, 4) is 0 Å². The molecule has 0 aliphatic heterocycles. The molecule has 0 saturated carbocycles. The van der Waals surface area contributed by atoms with Gasteiger partial charge in [0.15, 0.2) is 17.4 Å². The molecule has 0 rings (SSSR count). The van der Waals surface area contributed by atoms with E-state index < -0.39 is 0 Å². The van der Waals surface area contributed by atoms with Gasteiger partial charge in [0.05, 0.1) is 8.41 Å². The van der Waals surface area contributed by atoms with E-state index >= 15 is 0 Å². The molecule has 0 amide bonds. The summed E-state index contributed by atoms with van der Waals surface area (Å²) in [6.45, 7) is 0. The fourth-order valence-electron chi connectivity index (χ4n) is 0. The summed E-state index contributed by atoms with van der Waals surface area (Å²) in [5, 5.41) is 0. The zero-order valence-corrected chi connectivity index (χ0v) is 13.2. The van der Waals surface area contributed by atoms with Gasteiger partial charge in [0, 0.05) is 138 Å². The summed E-state index contributed by atoms with van der Waals surface area (Å²) in [6, 6.07) is 0. The first kappa shape index (κ1) is 143. The van der Waals surface area contributed by atoms with Crippen molar-refractivity contribution in [1.82, 2.24) is 0 Å². The summed E-state index contributed by atoms with van der Waals surface area (Å²) in [7, 11) is 0. The number of hydrogen-bond acceptors (Lipinski definition) is 0. The molecule has 0 saturated heterocycles. The Morgan fingerprint density at radius 1 is 0.727 bits per heavy atom. The van der Waals surface area contributed by atoms with Crippen molar-refractivity contribution in [2.45, 2.75) is 0 Å². The average Bonchev–Trinajstić information content (AvgIpc) is 0. The Balaban J connectivity index is 0. The van der Waals surface area contributed by atoms with Gasteiger partial charge >= 0.3 is 0 Å². The molecule has 0 aromatic carbocycles. The van der Waals surface area contributed by atoms with Crippen LogP contribution in [0.25, 0.3) is 0 Å². The van der Waals surface area contributed by atoms with E-state index in [2.05, 4.69) is 0 Å². The molecule has 0 fully saturated rings. The Kier molecular flexibility index (Phi) is 1520. The molecule has 0 aromatic heterocycles. The molecule has 3 radical (unpaired) electrons. The van der Waals surface area contributed by atoms with Gasteiger partial charge < -0.3 is 0 Å². The third-order valence-corrected chi connectivity index (χ3v) is 0. The van der Waals surface area contributed by atoms with Crippen LogP contribution in [0, 0.1) is 0 Å². The Labute approximate surface area is 172 Å². The fourth-order valence-corrected chi connectivity index (χ4v) is 0. The Morgan fingerprint density at radius 2 is 0.727 bits per heavy atom. The van der Waals surface area contributed by atoms with Gasteiger partial charge in [-0.15, -0.1) is 0 Å². The first-order chi connectivity index (χ1) is 0. The minimum absolute atomic E-state index is 0. The van der Waals surface area contributed by atoms with Crippen LogP contribution in [0.2, 0.25) is 0 Å². The van der Waals surface area contributed by atoms with Crippen LogP contribution in [0.5, 0.6) is 0 Å². The van der Waals surface area contributed by atoms with Crippen molar-refractivity contribution in [1.29, 1.82) is 0 Å². The largest absolute Gasteiger partial charge is 0.187 e. The van der Waals surface area contributed by atoms with Crippen LogP contribution in [0.3, 0.4) is 0 Å². The van der Waals surface area contributed by atoms with Crippen molar-refractivity contribution in [2.24, 2.45) is 0 Å². The second-order valence-electron chi connectivity index (χ2n) is 0. The van der Waals surface area contributed by atoms with Crippen LogP contribution in [0.15, 0.2) is 0 Å². The van der Waals surface area contributed by atoms with Gasteiger partial charge in [-0.25, -0.2) is 0 Å². The van der Waals surface area contributed by atoms with Gasteiger partial charge in [-0.3, -0.25) is 0 Å². The predicted molar refractivity (Wildman–Crippen MR) is 31.2 cm³/mol. The Hall–Kier alpha value is 5.04. The molecule has 11 heteroatoms. The average molecular weight is 557 g/mol. The summed E-state index contributed by atoms with van der Waals surface area (Å²) < 4.78 is 0. The predicted octanol–water partition coefficient (Wildman–Crippen LogP) is -3.84. The molecule has 89 valence electrons. The van der Waals surface area contributed by atoms with E-state index in [1.54, 1.807) is 0 Å². The zero-order chi connectivity index (χ0) is 0. The molecule has 0 bridgehead atoms. The first-order valence-electron chi connectivity index (χ1n) is 0. The Bertz CT molecular complexity index is 31.3. The van der Waals surface area contributed by atoms with Crippen molar-refractivity contribution < 1.29 is 138 Å². The van der Waals surface area contributed by atoms with E-state index in [-0.39, 0.29) is 175 Å². The summed E-state index contributed by atoms with van der Waals surface area (Å²) in [4.78, 5) is 0. The fraction of sp³-hybridized carbons (Fsp3) is 0. The normalized spacial score (nSPS) is 0. The van der Waals surface area contributed by atoms with Crippen LogP contribution in [0.1, 0.15) is 0 Å². The maximum Gasteiger partial charge on any atom is 0.187 e. The van der Waals surface area contributed by atoms with E-state index in [9.17, 15) is 0 Å². The van der Waals surface area contributed by atoms with Gasteiger partial charge in [-0.1, -0.05) is 0 Å². The third-order valence-electron chi connectivity index (χ3n) is 0. The van der Waals surface area contributed by atoms with E-state index in [1.807, 2.05) is 0 Å². The van der Waals surface area contributed by atoms with Gasteiger partial charge in [-0.05, 0) is 11.0 Å². The van der Waals surface area contributed by atoms with Gasteiger partial charge in [-0.2, -0.15) is 0 Å². The van der Waals surface area contributed by atoms with Crippen molar-refractivity contribution in [2.75, 3.05) is 0 Å². The van der Waals surface area contributed by atoms with Gasteiger partial charge in [0.2, 0.25) is 0 Å². The molecule has 11 heavy (non-hydrogen) atoms. The van der Waals surface area contributed by atoms with Crippen molar-refractivity contribution >= 4 is 36.7 Å². The molecule has 0 heterocycles. The molecular formula is H10AlBCrCu3FeNi2SiZn. The Morgan fingerprint density at radius 3 is 0.727 bits per heavy atom. The molecular weight excluding hydrogens is 547 g/mol. The summed E-state index contributed by atoms with van der Waals surface area (Å²) in [5.74, 6) is 0. The zero-order valence-electron chi connectivity index (χ0n) is 3.01. The van der Waals surface area contributed by atoms with Crippen LogP contribution in [-0.4, -0.2) is 36.7 Å². The van der Waals surface area contributed by atoms with Crippen LogP contribution in [0.4, 0.5) is 0 Å². The second-order valence-corrected chi connectivity index (χ2v) is 0. The van der Waals surface area contributed by atoms with Crippen LogP contribution in [-0.2, 0) is 138 Å². The smallest absolute Gasteiger partial charge is 0.0149 e. The number of hydrogen-bond donors (Lipinski definition) is 0. The quantitative estimate of drug-likeness (QED) is 0.268. The number of rotatable bonds is 0. The maximum absolute atomic E-state index is 0. The SMILES string of the molecule is B.[AlH3].[Cr].[Cu].[Cu].[Cu].[Fe].[Ni].[Ni].[SiH4].[Zn]. The molecule has 0 aliphatic rings. The standard InChI is InChI=1S/Al.BH3.Cr.3Cu.Fe.2Ni.H4Si.Zn.3H/h;1H3;;;;;;;;1H4;;;;. The molecule has 0 aromatic rings.